The largest absolute Gasteiger partial charge is 0.461 e. The molecule has 0 aromatic heterocycles. The molecule has 0 aromatic carbocycles. The molecule has 1 heterocycles. The molecule has 4 atom stereocenters. The molecule has 0 radical (unpaired) electrons. The number of nitrogens with one attached hydrogen (secondary N) is 1. The number of cyclic esters (lactones) is 1. The quantitative estimate of drug-likeness (QED) is 0.0789. The van der Waals surface area contributed by atoms with Gasteiger partial charge in [0.15, 0.2) is 0 Å². The van der Waals surface area contributed by atoms with Gasteiger partial charge in [0.05, 0.1) is 5.92 Å². The SMILES string of the molecule is CCCCCCC/C=C/CC[C@@H](C[C@@H]1OC(=O)[C@H]1CCCCCC)OC(=O)[C@H](CC(C)C)NC=O. The van der Waals surface area contributed by atoms with Crippen molar-refractivity contribution < 1.29 is 23.9 Å². The molecule has 202 valence electrons. The topological polar surface area (TPSA) is 81.7 Å². The van der Waals surface area contributed by atoms with E-state index < -0.39 is 12.0 Å². The van der Waals surface area contributed by atoms with Gasteiger partial charge in [-0.15, -0.1) is 0 Å². The fourth-order valence-electron chi connectivity index (χ4n) is 4.61. The van der Waals surface area contributed by atoms with Gasteiger partial charge in [0.2, 0.25) is 6.41 Å². The Morgan fingerprint density at radius 3 is 2.29 bits per heavy atom. The fourth-order valence-corrected chi connectivity index (χ4v) is 4.61. The predicted molar refractivity (Wildman–Crippen MR) is 141 cm³/mol. The van der Waals surface area contributed by atoms with Gasteiger partial charge >= 0.3 is 11.9 Å². The number of amides is 1. The number of ether oxygens (including phenoxy) is 2. The first-order valence-electron chi connectivity index (χ1n) is 14.2. The molecule has 1 rings (SSSR count). The van der Waals surface area contributed by atoms with Crippen molar-refractivity contribution in [1.82, 2.24) is 5.32 Å². The molecule has 0 saturated carbocycles. The third-order valence-electron chi connectivity index (χ3n) is 6.72. The summed E-state index contributed by atoms with van der Waals surface area (Å²) in [7, 11) is 0. The lowest BCUT2D eigenvalue weighted by Crippen LogP contribution is -2.48. The van der Waals surface area contributed by atoms with Gasteiger partial charge in [-0.1, -0.05) is 91.2 Å². The van der Waals surface area contributed by atoms with E-state index >= 15 is 0 Å². The molecule has 0 unspecified atom stereocenters. The standard InChI is InChI=1S/C29H51NO5/c1-5-7-9-11-12-13-14-15-16-18-24(34-29(33)26(30-22-31)20-23(3)4)21-27-25(28(32)35-27)19-17-10-8-6-2/h14-15,22-27H,5-13,16-21H2,1-4H3,(H,30,31)/b15-14+/t24-,25-,26-,27-/m0/s1. The second-order valence-corrected chi connectivity index (χ2v) is 10.4. The maximum atomic E-state index is 12.8. The van der Waals surface area contributed by atoms with Crippen LogP contribution in [-0.2, 0) is 23.9 Å². The lowest BCUT2D eigenvalue weighted by molar-refractivity contribution is -0.190. The van der Waals surface area contributed by atoms with Gasteiger partial charge in [-0.25, -0.2) is 4.79 Å². The number of hydrogen-bond acceptors (Lipinski definition) is 5. The molecular weight excluding hydrogens is 442 g/mol. The van der Waals surface area contributed by atoms with Crippen LogP contribution in [0, 0.1) is 11.8 Å². The Kier molecular flexibility index (Phi) is 17.2. The van der Waals surface area contributed by atoms with Crippen LogP contribution in [0.1, 0.15) is 124 Å². The average Bonchev–Trinajstić information content (AvgIpc) is 2.81. The highest BCUT2D eigenvalue weighted by Crippen LogP contribution is 2.32. The number of allylic oxidation sites excluding steroid dienone is 2. The monoisotopic (exact) mass is 493 g/mol. The van der Waals surface area contributed by atoms with Crippen molar-refractivity contribution in [1.29, 1.82) is 0 Å². The van der Waals surface area contributed by atoms with E-state index in [9.17, 15) is 14.4 Å². The van der Waals surface area contributed by atoms with E-state index in [1.165, 1.54) is 38.5 Å². The van der Waals surface area contributed by atoms with E-state index in [2.05, 4.69) is 31.3 Å². The maximum Gasteiger partial charge on any atom is 0.328 e. The summed E-state index contributed by atoms with van der Waals surface area (Å²) in [6.07, 6.45) is 19.7. The van der Waals surface area contributed by atoms with Crippen LogP contribution in [0.4, 0.5) is 0 Å². The summed E-state index contributed by atoms with van der Waals surface area (Å²) >= 11 is 0. The third-order valence-corrected chi connectivity index (χ3v) is 6.72. The minimum absolute atomic E-state index is 0.0914. The molecule has 35 heavy (non-hydrogen) atoms. The first kappa shape index (κ1) is 31.2. The molecule has 0 aromatic rings. The fraction of sp³-hybridized carbons (Fsp3) is 0.828. The number of hydrogen-bond donors (Lipinski definition) is 1. The number of esters is 2. The molecule has 1 aliphatic heterocycles. The Labute approximate surface area is 214 Å². The van der Waals surface area contributed by atoms with Gasteiger partial charge < -0.3 is 14.8 Å². The average molecular weight is 494 g/mol. The first-order valence-corrected chi connectivity index (χ1v) is 14.2. The summed E-state index contributed by atoms with van der Waals surface area (Å²) in [5.41, 5.74) is 0. The number of carbonyl (C=O) groups excluding carboxylic acids is 3. The smallest absolute Gasteiger partial charge is 0.328 e. The van der Waals surface area contributed by atoms with E-state index in [0.29, 0.717) is 25.7 Å². The Hall–Kier alpha value is -1.85. The predicted octanol–water partition coefficient (Wildman–Crippen LogP) is 6.66. The highest BCUT2D eigenvalue weighted by atomic mass is 16.6. The Morgan fingerprint density at radius 2 is 1.66 bits per heavy atom. The van der Waals surface area contributed by atoms with Gasteiger partial charge in [0.1, 0.15) is 18.2 Å². The van der Waals surface area contributed by atoms with Crippen LogP contribution >= 0.6 is 0 Å². The molecule has 1 fully saturated rings. The zero-order valence-electron chi connectivity index (χ0n) is 22.8. The minimum Gasteiger partial charge on any atom is -0.461 e. The van der Waals surface area contributed by atoms with Crippen LogP contribution in [0.15, 0.2) is 12.2 Å². The summed E-state index contributed by atoms with van der Waals surface area (Å²) in [5.74, 6) is -0.370. The lowest BCUT2D eigenvalue weighted by Gasteiger charge is -2.37. The molecule has 0 aliphatic carbocycles. The normalized spacial score (nSPS) is 19.3. The molecule has 6 nitrogen and oxygen atoms in total. The van der Waals surface area contributed by atoms with Crippen molar-refractivity contribution in [3.05, 3.63) is 12.2 Å². The van der Waals surface area contributed by atoms with E-state index in [0.717, 1.165) is 38.5 Å². The van der Waals surface area contributed by atoms with E-state index in [4.69, 9.17) is 9.47 Å². The van der Waals surface area contributed by atoms with E-state index in [-0.39, 0.29) is 30.0 Å². The third kappa shape index (κ3) is 13.7. The van der Waals surface area contributed by atoms with Gasteiger partial charge in [-0.3, -0.25) is 9.59 Å². The van der Waals surface area contributed by atoms with Crippen LogP contribution in [-0.4, -0.2) is 36.6 Å². The highest BCUT2D eigenvalue weighted by molar-refractivity contribution is 5.79. The lowest BCUT2D eigenvalue weighted by atomic mass is 9.86. The van der Waals surface area contributed by atoms with Crippen LogP contribution in [0.3, 0.4) is 0 Å². The van der Waals surface area contributed by atoms with E-state index in [1.807, 2.05) is 13.8 Å². The molecule has 1 saturated heterocycles. The molecular formula is C29H51NO5. The Morgan fingerprint density at radius 1 is 1.00 bits per heavy atom. The molecule has 0 bridgehead atoms. The van der Waals surface area contributed by atoms with Crippen molar-refractivity contribution >= 4 is 18.3 Å². The second kappa shape index (κ2) is 19.4. The van der Waals surface area contributed by atoms with Gasteiger partial charge in [0, 0.05) is 6.42 Å². The summed E-state index contributed by atoms with van der Waals surface area (Å²) in [6.45, 7) is 8.41. The van der Waals surface area contributed by atoms with Crippen molar-refractivity contribution in [2.75, 3.05) is 0 Å². The first-order chi connectivity index (χ1) is 16.9. The number of carbonyl (C=O) groups is 3. The Bertz CT molecular complexity index is 618. The van der Waals surface area contributed by atoms with Gasteiger partial charge in [-0.05, 0) is 44.4 Å². The molecule has 1 N–H and O–H groups in total. The summed E-state index contributed by atoms with van der Waals surface area (Å²) in [6, 6.07) is -0.651. The number of rotatable bonds is 22. The highest BCUT2D eigenvalue weighted by Gasteiger charge is 2.43. The van der Waals surface area contributed by atoms with Crippen LogP contribution in [0.5, 0.6) is 0 Å². The van der Waals surface area contributed by atoms with E-state index in [1.54, 1.807) is 0 Å². The van der Waals surface area contributed by atoms with Crippen molar-refractivity contribution in [2.45, 2.75) is 142 Å². The molecule has 0 spiro atoms. The van der Waals surface area contributed by atoms with Gasteiger partial charge in [0.25, 0.3) is 0 Å². The number of unbranched alkanes of at least 4 members (excludes halogenated alkanes) is 8. The Balaban J connectivity index is 2.64. The zero-order valence-corrected chi connectivity index (χ0v) is 22.8. The van der Waals surface area contributed by atoms with Crippen molar-refractivity contribution in [3.63, 3.8) is 0 Å². The minimum atomic E-state index is -0.651. The molecule has 1 amide bonds. The van der Waals surface area contributed by atoms with Crippen molar-refractivity contribution in [2.24, 2.45) is 11.8 Å². The summed E-state index contributed by atoms with van der Waals surface area (Å²) in [4.78, 5) is 35.9. The second-order valence-electron chi connectivity index (χ2n) is 10.4. The summed E-state index contributed by atoms with van der Waals surface area (Å²) < 4.78 is 11.4. The van der Waals surface area contributed by atoms with Crippen LogP contribution in [0.25, 0.3) is 0 Å². The summed E-state index contributed by atoms with van der Waals surface area (Å²) in [5, 5.41) is 2.61. The van der Waals surface area contributed by atoms with Crippen molar-refractivity contribution in [3.8, 4) is 0 Å². The maximum absolute atomic E-state index is 12.8. The van der Waals surface area contributed by atoms with Crippen LogP contribution < -0.4 is 5.32 Å². The molecule has 6 heteroatoms. The van der Waals surface area contributed by atoms with Crippen LogP contribution in [0.2, 0.25) is 0 Å². The molecule has 1 aliphatic rings. The van der Waals surface area contributed by atoms with Gasteiger partial charge in [-0.2, -0.15) is 0 Å². The zero-order chi connectivity index (χ0) is 25.9.